The standard InChI is InChI=1S/C21H14BrN3O5/c22-19-7-2-1-6-18(19)21(27)30-17-10-8-14(9-11-17)13-23-24-20(26)15-4-3-5-16(12-15)25(28)29/h1-13H,(H,24,26)/b23-13+. The molecule has 3 aromatic carbocycles. The number of hydrogen-bond acceptors (Lipinski definition) is 6. The third-order valence-electron chi connectivity index (χ3n) is 3.88. The van der Waals surface area contributed by atoms with E-state index in [0.29, 0.717) is 21.3 Å². The molecule has 0 radical (unpaired) electrons. The summed E-state index contributed by atoms with van der Waals surface area (Å²) in [4.78, 5) is 34.4. The number of nitro benzene ring substituents is 1. The summed E-state index contributed by atoms with van der Waals surface area (Å²) in [6.07, 6.45) is 1.40. The molecule has 150 valence electrons. The van der Waals surface area contributed by atoms with Gasteiger partial charge in [0.25, 0.3) is 11.6 Å². The zero-order chi connectivity index (χ0) is 21.5. The highest BCUT2D eigenvalue weighted by Crippen LogP contribution is 2.19. The van der Waals surface area contributed by atoms with Crippen molar-refractivity contribution in [2.24, 2.45) is 5.10 Å². The van der Waals surface area contributed by atoms with Gasteiger partial charge >= 0.3 is 5.97 Å². The summed E-state index contributed by atoms with van der Waals surface area (Å²) >= 11 is 3.30. The number of halogens is 1. The number of ether oxygens (including phenoxy) is 1. The van der Waals surface area contributed by atoms with Gasteiger partial charge in [0.1, 0.15) is 5.75 Å². The van der Waals surface area contributed by atoms with Crippen molar-refractivity contribution >= 4 is 39.7 Å². The van der Waals surface area contributed by atoms with Gasteiger partial charge in [-0.05, 0) is 64.0 Å². The van der Waals surface area contributed by atoms with Gasteiger partial charge in [-0.3, -0.25) is 14.9 Å². The molecule has 0 aliphatic rings. The summed E-state index contributed by atoms with van der Waals surface area (Å²) < 4.78 is 5.97. The Morgan fingerprint density at radius 2 is 1.77 bits per heavy atom. The van der Waals surface area contributed by atoms with E-state index in [1.165, 1.54) is 30.5 Å². The van der Waals surface area contributed by atoms with Gasteiger partial charge in [0.05, 0.1) is 16.7 Å². The smallest absolute Gasteiger partial charge is 0.344 e. The molecule has 0 bridgehead atoms. The second kappa shape index (κ2) is 9.57. The molecular formula is C21H14BrN3O5. The molecule has 0 saturated heterocycles. The average molecular weight is 468 g/mol. The fourth-order valence-corrected chi connectivity index (χ4v) is 2.85. The zero-order valence-corrected chi connectivity index (χ0v) is 16.9. The van der Waals surface area contributed by atoms with Gasteiger partial charge in [0.2, 0.25) is 0 Å². The summed E-state index contributed by atoms with van der Waals surface area (Å²) in [6, 6.07) is 18.8. The number of carbonyl (C=O) groups is 2. The van der Waals surface area contributed by atoms with Gasteiger partial charge in [-0.15, -0.1) is 0 Å². The molecule has 1 amide bonds. The Labute approximate surface area is 179 Å². The Kier molecular flexibility index (Phi) is 6.66. The van der Waals surface area contributed by atoms with E-state index >= 15 is 0 Å². The highest BCUT2D eigenvalue weighted by atomic mass is 79.9. The summed E-state index contributed by atoms with van der Waals surface area (Å²) in [5.74, 6) is -0.712. The summed E-state index contributed by atoms with van der Waals surface area (Å²) in [6.45, 7) is 0. The normalized spacial score (nSPS) is 10.6. The molecule has 3 aromatic rings. The van der Waals surface area contributed by atoms with Crippen LogP contribution in [0, 0.1) is 10.1 Å². The van der Waals surface area contributed by atoms with Crippen LogP contribution in [0.5, 0.6) is 5.75 Å². The first-order valence-corrected chi connectivity index (χ1v) is 9.38. The van der Waals surface area contributed by atoms with E-state index in [2.05, 4.69) is 26.5 Å². The number of esters is 1. The van der Waals surface area contributed by atoms with Crippen LogP contribution in [0.25, 0.3) is 0 Å². The van der Waals surface area contributed by atoms with E-state index < -0.39 is 16.8 Å². The lowest BCUT2D eigenvalue weighted by molar-refractivity contribution is -0.384. The third kappa shape index (κ3) is 5.36. The van der Waals surface area contributed by atoms with E-state index in [4.69, 9.17) is 4.74 Å². The van der Waals surface area contributed by atoms with Crippen LogP contribution in [0.4, 0.5) is 5.69 Å². The SMILES string of the molecule is O=C(N/N=C/c1ccc(OC(=O)c2ccccc2Br)cc1)c1cccc([N+](=O)[O-])c1. The van der Waals surface area contributed by atoms with E-state index in [0.717, 1.165) is 0 Å². The molecule has 0 saturated carbocycles. The van der Waals surface area contributed by atoms with Gasteiger partial charge in [0.15, 0.2) is 0 Å². The molecule has 0 aliphatic carbocycles. The second-order valence-corrected chi connectivity index (χ2v) is 6.80. The lowest BCUT2D eigenvalue weighted by Crippen LogP contribution is -2.17. The minimum absolute atomic E-state index is 0.121. The minimum atomic E-state index is -0.578. The molecule has 0 aliphatic heterocycles. The van der Waals surface area contributed by atoms with Crippen molar-refractivity contribution in [3.05, 3.63) is 104 Å². The predicted molar refractivity (Wildman–Crippen MR) is 114 cm³/mol. The highest BCUT2D eigenvalue weighted by molar-refractivity contribution is 9.10. The number of nitrogens with zero attached hydrogens (tertiary/aromatic N) is 2. The molecule has 0 spiro atoms. The number of nitro groups is 1. The van der Waals surface area contributed by atoms with Crippen LogP contribution >= 0.6 is 15.9 Å². The number of benzene rings is 3. The van der Waals surface area contributed by atoms with Crippen molar-refractivity contribution in [1.29, 1.82) is 0 Å². The van der Waals surface area contributed by atoms with Crippen LogP contribution < -0.4 is 10.2 Å². The van der Waals surface area contributed by atoms with Crippen molar-refractivity contribution in [2.45, 2.75) is 0 Å². The predicted octanol–water partition coefficient (Wildman–Crippen LogP) is 4.34. The van der Waals surface area contributed by atoms with Crippen LogP contribution in [0.15, 0.2) is 82.4 Å². The van der Waals surface area contributed by atoms with E-state index in [-0.39, 0.29) is 11.3 Å². The molecule has 8 nitrogen and oxygen atoms in total. The molecular weight excluding hydrogens is 454 g/mol. The second-order valence-electron chi connectivity index (χ2n) is 5.94. The fraction of sp³-hybridized carbons (Fsp3) is 0. The topological polar surface area (TPSA) is 111 Å². The van der Waals surface area contributed by atoms with Gasteiger partial charge in [-0.1, -0.05) is 18.2 Å². The summed E-state index contributed by atoms with van der Waals surface area (Å²) in [5.41, 5.74) is 3.30. The van der Waals surface area contributed by atoms with Crippen molar-refractivity contribution in [3.8, 4) is 5.75 Å². The van der Waals surface area contributed by atoms with E-state index in [1.807, 2.05) is 0 Å². The number of carbonyl (C=O) groups excluding carboxylic acids is 2. The Morgan fingerprint density at radius 1 is 1.03 bits per heavy atom. The van der Waals surface area contributed by atoms with Gasteiger partial charge in [0, 0.05) is 22.2 Å². The molecule has 0 heterocycles. The molecule has 9 heteroatoms. The first kappa shape index (κ1) is 20.9. The van der Waals surface area contributed by atoms with Crippen LogP contribution in [0.2, 0.25) is 0 Å². The van der Waals surface area contributed by atoms with Crippen molar-refractivity contribution < 1.29 is 19.2 Å². The van der Waals surface area contributed by atoms with Gasteiger partial charge in [-0.25, -0.2) is 10.2 Å². The first-order chi connectivity index (χ1) is 14.4. The number of hydrazone groups is 1. The molecule has 0 unspecified atom stereocenters. The molecule has 0 fully saturated rings. The largest absolute Gasteiger partial charge is 0.423 e. The number of amides is 1. The highest BCUT2D eigenvalue weighted by Gasteiger charge is 2.12. The average Bonchev–Trinajstić information content (AvgIpc) is 2.75. The molecule has 3 rings (SSSR count). The fourth-order valence-electron chi connectivity index (χ4n) is 2.40. The van der Waals surface area contributed by atoms with Gasteiger partial charge < -0.3 is 4.74 Å². The quantitative estimate of drug-likeness (QED) is 0.190. The zero-order valence-electron chi connectivity index (χ0n) is 15.3. The summed E-state index contributed by atoms with van der Waals surface area (Å²) in [5, 5.41) is 14.6. The molecule has 30 heavy (non-hydrogen) atoms. The van der Waals surface area contributed by atoms with Crippen molar-refractivity contribution in [3.63, 3.8) is 0 Å². The van der Waals surface area contributed by atoms with Crippen LogP contribution in [-0.2, 0) is 0 Å². The number of nitrogens with one attached hydrogen (secondary N) is 1. The first-order valence-electron chi connectivity index (χ1n) is 8.58. The maximum atomic E-state index is 12.2. The molecule has 0 atom stereocenters. The van der Waals surface area contributed by atoms with Gasteiger partial charge in [-0.2, -0.15) is 5.10 Å². The Morgan fingerprint density at radius 3 is 2.47 bits per heavy atom. The van der Waals surface area contributed by atoms with E-state index in [9.17, 15) is 19.7 Å². The maximum absolute atomic E-state index is 12.2. The van der Waals surface area contributed by atoms with Crippen molar-refractivity contribution in [2.75, 3.05) is 0 Å². The number of non-ortho nitro benzene ring substituents is 1. The third-order valence-corrected chi connectivity index (χ3v) is 4.57. The van der Waals surface area contributed by atoms with Crippen LogP contribution in [-0.4, -0.2) is 23.0 Å². The Bertz CT molecular complexity index is 1130. The summed E-state index contributed by atoms with van der Waals surface area (Å²) in [7, 11) is 0. The molecule has 0 aromatic heterocycles. The lowest BCUT2D eigenvalue weighted by Gasteiger charge is -2.06. The Hall–Kier alpha value is -3.85. The number of hydrogen-bond donors (Lipinski definition) is 1. The van der Waals surface area contributed by atoms with Crippen molar-refractivity contribution in [1.82, 2.24) is 5.43 Å². The Balaban J connectivity index is 1.59. The minimum Gasteiger partial charge on any atom is -0.423 e. The van der Waals surface area contributed by atoms with Crippen LogP contribution in [0.3, 0.4) is 0 Å². The van der Waals surface area contributed by atoms with E-state index in [1.54, 1.807) is 48.5 Å². The lowest BCUT2D eigenvalue weighted by atomic mass is 10.2. The van der Waals surface area contributed by atoms with Crippen LogP contribution in [0.1, 0.15) is 26.3 Å². The maximum Gasteiger partial charge on any atom is 0.344 e. The monoisotopic (exact) mass is 467 g/mol. The molecule has 1 N–H and O–H groups in total. The number of rotatable bonds is 6.